The Morgan fingerprint density at radius 3 is 2.31 bits per heavy atom. The summed E-state index contributed by atoms with van der Waals surface area (Å²) < 4.78 is 25.9. The molecule has 1 aromatic carbocycles. The molecule has 0 aromatic heterocycles. The summed E-state index contributed by atoms with van der Waals surface area (Å²) in [5, 5.41) is 0. The average Bonchev–Trinajstić information content (AvgIpc) is 2.14. The first-order valence-electron chi connectivity index (χ1n) is 4.04. The fourth-order valence-corrected chi connectivity index (χ4v) is 1.19. The summed E-state index contributed by atoms with van der Waals surface area (Å²) in [6.07, 6.45) is 0. The van der Waals surface area contributed by atoms with Crippen LogP contribution in [0.15, 0.2) is 18.2 Å². The van der Waals surface area contributed by atoms with Gasteiger partial charge in [-0.05, 0) is 11.6 Å². The number of nitrogens with two attached hydrogens (primary N) is 2. The van der Waals surface area contributed by atoms with E-state index in [9.17, 15) is 8.78 Å². The number of hydrogen-bond donors (Lipinski definition) is 2. The van der Waals surface area contributed by atoms with E-state index in [4.69, 9.17) is 11.5 Å². The van der Waals surface area contributed by atoms with Gasteiger partial charge in [0, 0.05) is 19.0 Å². The van der Waals surface area contributed by atoms with Crippen molar-refractivity contribution in [3.8, 4) is 0 Å². The van der Waals surface area contributed by atoms with Crippen molar-refractivity contribution in [2.75, 3.05) is 13.1 Å². The van der Waals surface area contributed by atoms with Crippen molar-refractivity contribution in [1.29, 1.82) is 0 Å². The summed E-state index contributed by atoms with van der Waals surface area (Å²) in [6, 6.07) is 4.03. The lowest BCUT2D eigenvalue weighted by Crippen LogP contribution is -2.22. The highest BCUT2D eigenvalue weighted by atomic mass is 19.2. The Morgan fingerprint density at radius 2 is 1.77 bits per heavy atom. The molecular weight excluding hydrogens is 174 g/mol. The van der Waals surface area contributed by atoms with Crippen molar-refractivity contribution in [2.45, 2.75) is 5.92 Å². The van der Waals surface area contributed by atoms with Gasteiger partial charge in [-0.2, -0.15) is 0 Å². The molecule has 4 heteroatoms. The maximum Gasteiger partial charge on any atom is 0.162 e. The van der Waals surface area contributed by atoms with E-state index in [0.29, 0.717) is 0 Å². The van der Waals surface area contributed by atoms with Crippen LogP contribution in [-0.2, 0) is 0 Å². The van der Waals surface area contributed by atoms with Crippen molar-refractivity contribution < 1.29 is 8.78 Å². The molecule has 0 spiro atoms. The summed E-state index contributed by atoms with van der Waals surface area (Å²) in [5.74, 6) is -2.01. The van der Waals surface area contributed by atoms with Crippen LogP contribution < -0.4 is 11.5 Å². The Bertz CT molecular complexity index is 285. The Labute approximate surface area is 75.5 Å². The lowest BCUT2D eigenvalue weighted by Gasteiger charge is -2.13. The lowest BCUT2D eigenvalue weighted by atomic mass is 9.99. The van der Waals surface area contributed by atoms with E-state index in [1.165, 1.54) is 12.1 Å². The Hall–Kier alpha value is -1.00. The molecular formula is C9H12F2N2. The summed E-state index contributed by atoms with van der Waals surface area (Å²) >= 11 is 0. The van der Waals surface area contributed by atoms with Crippen LogP contribution in [0.4, 0.5) is 8.78 Å². The third kappa shape index (κ3) is 2.02. The average molecular weight is 186 g/mol. The molecule has 2 nitrogen and oxygen atoms in total. The number of rotatable bonds is 3. The maximum atomic E-state index is 13.1. The molecule has 13 heavy (non-hydrogen) atoms. The molecule has 0 radical (unpaired) electrons. The largest absolute Gasteiger partial charge is 0.330 e. The molecule has 72 valence electrons. The smallest absolute Gasteiger partial charge is 0.162 e. The van der Waals surface area contributed by atoms with E-state index >= 15 is 0 Å². The SMILES string of the molecule is NCC(CN)c1cccc(F)c1F. The zero-order valence-corrected chi connectivity index (χ0v) is 7.13. The summed E-state index contributed by atoms with van der Waals surface area (Å²) in [6.45, 7) is 0.438. The van der Waals surface area contributed by atoms with Crippen molar-refractivity contribution in [3.05, 3.63) is 35.4 Å². The summed E-state index contributed by atoms with van der Waals surface area (Å²) in [4.78, 5) is 0. The van der Waals surface area contributed by atoms with Gasteiger partial charge in [0.15, 0.2) is 11.6 Å². The van der Waals surface area contributed by atoms with Gasteiger partial charge in [-0.15, -0.1) is 0 Å². The third-order valence-electron chi connectivity index (χ3n) is 1.99. The van der Waals surface area contributed by atoms with Crippen molar-refractivity contribution in [2.24, 2.45) is 11.5 Å². The van der Waals surface area contributed by atoms with Crippen LogP contribution in [0.2, 0.25) is 0 Å². The van der Waals surface area contributed by atoms with Gasteiger partial charge in [-0.25, -0.2) is 8.78 Å². The second-order valence-electron chi connectivity index (χ2n) is 2.81. The minimum atomic E-state index is -0.857. The van der Waals surface area contributed by atoms with E-state index in [2.05, 4.69) is 0 Å². The molecule has 0 amide bonds. The second kappa shape index (κ2) is 4.30. The predicted molar refractivity (Wildman–Crippen MR) is 47.2 cm³/mol. The first kappa shape index (κ1) is 10.1. The Balaban J connectivity index is 3.05. The molecule has 0 aliphatic rings. The van der Waals surface area contributed by atoms with Gasteiger partial charge in [0.25, 0.3) is 0 Å². The molecule has 0 bridgehead atoms. The minimum absolute atomic E-state index is 0.219. The number of halogens is 2. The zero-order valence-electron chi connectivity index (χ0n) is 7.13. The van der Waals surface area contributed by atoms with Gasteiger partial charge >= 0.3 is 0 Å². The van der Waals surface area contributed by atoms with E-state index in [1.54, 1.807) is 0 Å². The van der Waals surface area contributed by atoms with Crippen LogP contribution in [0.25, 0.3) is 0 Å². The topological polar surface area (TPSA) is 52.0 Å². The fourth-order valence-electron chi connectivity index (χ4n) is 1.19. The summed E-state index contributed by atoms with van der Waals surface area (Å²) in [7, 11) is 0. The second-order valence-corrected chi connectivity index (χ2v) is 2.81. The number of hydrogen-bond acceptors (Lipinski definition) is 2. The highest BCUT2D eigenvalue weighted by molar-refractivity contribution is 5.23. The van der Waals surface area contributed by atoms with Crippen LogP contribution >= 0.6 is 0 Å². The summed E-state index contributed by atoms with van der Waals surface area (Å²) in [5.41, 5.74) is 11.0. The van der Waals surface area contributed by atoms with Gasteiger partial charge < -0.3 is 11.5 Å². The van der Waals surface area contributed by atoms with E-state index < -0.39 is 11.6 Å². The number of benzene rings is 1. The fraction of sp³-hybridized carbons (Fsp3) is 0.333. The van der Waals surface area contributed by atoms with Crippen LogP contribution in [0, 0.1) is 11.6 Å². The molecule has 0 saturated carbocycles. The van der Waals surface area contributed by atoms with Gasteiger partial charge in [-0.3, -0.25) is 0 Å². The monoisotopic (exact) mass is 186 g/mol. The molecule has 0 unspecified atom stereocenters. The third-order valence-corrected chi connectivity index (χ3v) is 1.99. The first-order valence-corrected chi connectivity index (χ1v) is 4.04. The molecule has 0 saturated heterocycles. The molecule has 0 aliphatic heterocycles. The highest BCUT2D eigenvalue weighted by Gasteiger charge is 2.14. The Morgan fingerprint density at radius 1 is 1.15 bits per heavy atom. The molecule has 4 N–H and O–H groups in total. The molecule has 0 fully saturated rings. The van der Waals surface area contributed by atoms with Crippen LogP contribution in [-0.4, -0.2) is 13.1 Å². The van der Waals surface area contributed by atoms with Crippen molar-refractivity contribution >= 4 is 0 Å². The minimum Gasteiger partial charge on any atom is -0.330 e. The molecule has 1 rings (SSSR count). The molecule has 0 aliphatic carbocycles. The molecule has 1 aromatic rings. The quantitative estimate of drug-likeness (QED) is 0.738. The van der Waals surface area contributed by atoms with Gasteiger partial charge in [0.05, 0.1) is 0 Å². The van der Waals surface area contributed by atoms with E-state index in [-0.39, 0.29) is 24.6 Å². The van der Waals surface area contributed by atoms with Crippen LogP contribution in [0.5, 0.6) is 0 Å². The zero-order chi connectivity index (χ0) is 9.84. The normalized spacial score (nSPS) is 10.8. The van der Waals surface area contributed by atoms with E-state index in [1.807, 2.05) is 0 Å². The van der Waals surface area contributed by atoms with Gasteiger partial charge in [0.2, 0.25) is 0 Å². The van der Waals surface area contributed by atoms with Crippen LogP contribution in [0.3, 0.4) is 0 Å². The predicted octanol–water partition coefficient (Wildman–Crippen LogP) is 0.966. The maximum absolute atomic E-state index is 13.1. The van der Waals surface area contributed by atoms with Gasteiger partial charge in [0.1, 0.15) is 0 Å². The molecule has 0 atom stereocenters. The Kier molecular flexibility index (Phi) is 3.33. The van der Waals surface area contributed by atoms with Crippen molar-refractivity contribution in [3.63, 3.8) is 0 Å². The molecule has 0 heterocycles. The lowest BCUT2D eigenvalue weighted by molar-refractivity contribution is 0.488. The first-order chi connectivity index (χ1) is 6.20. The van der Waals surface area contributed by atoms with Crippen molar-refractivity contribution in [1.82, 2.24) is 0 Å². The highest BCUT2D eigenvalue weighted by Crippen LogP contribution is 2.19. The van der Waals surface area contributed by atoms with Crippen LogP contribution in [0.1, 0.15) is 11.5 Å². The van der Waals surface area contributed by atoms with Gasteiger partial charge in [-0.1, -0.05) is 12.1 Å². The standard InChI is InChI=1S/C9H12F2N2/c10-8-3-1-2-7(9(8)11)6(4-12)5-13/h1-3,6H,4-5,12-13H2. The van der Waals surface area contributed by atoms with E-state index in [0.717, 1.165) is 6.07 Å².